The maximum absolute atomic E-state index is 13.0. The molecule has 1 fully saturated rings. The third-order valence-electron chi connectivity index (χ3n) is 4.75. The fraction of sp³-hybridized carbons (Fsp3) is 0.316. The summed E-state index contributed by atoms with van der Waals surface area (Å²) in [6.45, 7) is 5.01. The Bertz CT molecular complexity index is 623. The van der Waals surface area contributed by atoms with Gasteiger partial charge in [0.15, 0.2) is 0 Å². The molecular weight excluding hydrogens is 258 g/mol. The van der Waals surface area contributed by atoms with Gasteiger partial charge in [-0.1, -0.05) is 60.7 Å². The molecule has 0 bridgehead atoms. The van der Waals surface area contributed by atoms with Crippen LogP contribution in [-0.2, 0) is 10.2 Å². The zero-order valence-corrected chi connectivity index (χ0v) is 12.6. The van der Waals surface area contributed by atoms with Crippen LogP contribution < -0.4 is 0 Å². The highest BCUT2D eigenvalue weighted by Crippen LogP contribution is 2.39. The zero-order valence-electron chi connectivity index (χ0n) is 12.6. The topological polar surface area (TPSA) is 20.3 Å². The molecule has 1 aliphatic heterocycles. The van der Waals surface area contributed by atoms with Crippen LogP contribution in [0, 0.1) is 0 Å². The molecule has 1 heterocycles. The minimum atomic E-state index is -0.385. The summed E-state index contributed by atoms with van der Waals surface area (Å²) in [7, 11) is 0. The van der Waals surface area contributed by atoms with Crippen molar-refractivity contribution < 1.29 is 4.79 Å². The monoisotopic (exact) mass is 279 g/mol. The second-order valence-corrected chi connectivity index (χ2v) is 6.03. The minimum absolute atomic E-state index is 0.129. The predicted octanol–water partition coefficient (Wildman–Crippen LogP) is 3.94. The molecule has 3 rings (SSSR count). The van der Waals surface area contributed by atoms with Gasteiger partial charge in [-0.15, -0.1) is 0 Å². The largest absolute Gasteiger partial charge is 0.335 e. The lowest BCUT2D eigenvalue weighted by atomic mass is 9.81. The highest BCUT2D eigenvalue weighted by Gasteiger charge is 2.45. The van der Waals surface area contributed by atoms with Crippen molar-refractivity contribution in [3.05, 3.63) is 71.8 Å². The molecule has 1 saturated heterocycles. The Kier molecular flexibility index (Phi) is 3.54. The molecule has 0 radical (unpaired) electrons. The lowest BCUT2D eigenvalue weighted by molar-refractivity contribution is -0.133. The highest BCUT2D eigenvalue weighted by atomic mass is 16.2. The van der Waals surface area contributed by atoms with Crippen molar-refractivity contribution in [3.8, 4) is 0 Å². The maximum Gasteiger partial charge on any atom is 0.233 e. The van der Waals surface area contributed by atoms with E-state index in [2.05, 4.69) is 38.1 Å². The fourth-order valence-electron chi connectivity index (χ4n) is 3.22. The van der Waals surface area contributed by atoms with Crippen LogP contribution >= 0.6 is 0 Å². The second kappa shape index (κ2) is 5.36. The summed E-state index contributed by atoms with van der Waals surface area (Å²) in [6.07, 6.45) is 0.882. The number of hydrogen-bond acceptors (Lipinski definition) is 1. The standard InChI is InChI=1S/C19H21NO/c1-15(16-9-5-3-6-10-16)20-14-13-19(2,18(20)21)17-11-7-4-8-12-17/h3-12,15H,13-14H2,1-2H3/t15-,19?/m0/s1. The first-order valence-corrected chi connectivity index (χ1v) is 7.54. The maximum atomic E-state index is 13.0. The molecule has 1 unspecified atom stereocenters. The molecular formula is C19H21NO. The Morgan fingerprint density at radius 3 is 2.19 bits per heavy atom. The molecule has 2 nitrogen and oxygen atoms in total. The molecule has 108 valence electrons. The van der Waals surface area contributed by atoms with Crippen LogP contribution in [-0.4, -0.2) is 17.4 Å². The van der Waals surface area contributed by atoms with Crippen LogP contribution in [0.5, 0.6) is 0 Å². The van der Waals surface area contributed by atoms with Crippen molar-refractivity contribution in [2.45, 2.75) is 31.7 Å². The van der Waals surface area contributed by atoms with Crippen molar-refractivity contribution in [2.24, 2.45) is 0 Å². The number of carbonyl (C=O) groups excluding carboxylic acids is 1. The average molecular weight is 279 g/mol. The summed E-state index contributed by atoms with van der Waals surface area (Å²) in [6, 6.07) is 20.5. The van der Waals surface area contributed by atoms with Crippen molar-refractivity contribution in [3.63, 3.8) is 0 Å². The molecule has 0 spiro atoms. The molecule has 1 aliphatic rings. The molecule has 2 heteroatoms. The van der Waals surface area contributed by atoms with Crippen molar-refractivity contribution in [1.29, 1.82) is 0 Å². The number of nitrogens with zero attached hydrogens (tertiary/aromatic N) is 1. The number of rotatable bonds is 3. The minimum Gasteiger partial charge on any atom is -0.335 e. The van der Waals surface area contributed by atoms with E-state index in [1.54, 1.807) is 0 Å². The van der Waals surface area contributed by atoms with Crippen LogP contribution in [0.15, 0.2) is 60.7 Å². The fourth-order valence-corrected chi connectivity index (χ4v) is 3.22. The van der Waals surface area contributed by atoms with Crippen molar-refractivity contribution in [2.75, 3.05) is 6.54 Å². The lowest BCUT2D eigenvalue weighted by Gasteiger charge is -2.28. The molecule has 0 N–H and O–H groups in total. The van der Waals surface area contributed by atoms with Crippen LogP contribution in [0.1, 0.15) is 37.4 Å². The predicted molar refractivity (Wildman–Crippen MR) is 85.0 cm³/mol. The van der Waals surface area contributed by atoms with Gasteiger partial charge in [-0.25, -0.2) is 0 Å². The van der Waals surface area contributed by atoms with Crippen LogP contribution in [0.25, 0.3) is 0 Å². The Balaban J connectivity index is 1.87. The molecule has 0 saturated carbocycles. The molecule has 21 heavy (non-hydrogen) atoms. The summed E-state index contributed by atoms with van der Waals surface area (Å²) in [5.74, 6) is 0.241. The van der Waals surface area contributed by atoms with E-state index in [0.29, 0.717) is 0 Å². The number of likely N-dealkylation sites (tertiary alicyclic amines) is 1. The van der Waals surface area contributed by atoms with E-state index >= 15 is 0 Å². The summed E-state index contributed by atoms with van der Waals surface area (Å²) in [4.78, 5) is 15.0. The smallest absolute Gasteiger partial charge is 0.233 e. The Morgan fingerprint density at radius 1 is 1.00 bits per heavy atom. The first-order valence-electron chi connectivity index (χ1n) is 7.54. The average Bonchev–Trinajstić information content (AvgIpc) is 2.85. The van der Waals surface area contributed by atoms with E-state index in [0.717, 1.165) is 18.5 Å². The molecule has 0 aliphatic carbocycles. The Labute approximate surface area is 126 Å². The van der Waals surface area contributed by atoms with E-state index in [9.17, 15) is 4.79 Å². The van der Waals surface area contributed by atoms with Gasteiger partial charge in [0.05, 0.1) is 11.5 Å². The van der Waals surface area contributed by atoms with Gasteiger partial charge in [0.2, 0.25) is 5.91 Å². The van der Waals surface area contributed by atoms with E-state index in [1.165, 1.54) is 5.56 Å². The van der Waals surface area contributed by atoms with Crippen LogP contribution in [0.2, 0.25) is 0 Å². The normalized spacial score (nSPS) is 23.3. The second-order valence-electron chi connectivity index (χ2n) is 6.03. The van der Waals surface area contributed by atoms with Gasteiger partial charge in [-0.05, 0) is 31.4 Å². The summed E-state index contributed by atoms with van der Waals surface area (Å²) in [5, 5.41) is 0. The van der Waals surface area contributed by atoms with Gasteiger partial charge in [0.25, 0.3) is 0 Å². The first-order chi connectivity index (χ1) is 10.1. The van der Waals surface area contributed by atoms with Crippen molar-refractivity contribution in [1.82, 2.24) is 4.90 Å². The number of benzene rings is 2. The van der Waals surface area contributed by atoms with Crippen LogP contribution in [0.3, 0.4) is 0 Å². The summed E-state index contributed by atoms with van der Waals surface area (Å²) < 4.78 is 0. The van der Waals surface area contributed by atoms with Gasteiger partial charge in [0.1, 0.15) is 0 Å². The Hall–Kier alpha value is -2.09. The first kappa shape index (κ1) is 13.9. The van der Waals surface area contributed by atoms with Crippen molar-refractivity contribution >= 4 is 5.91 Å². The van der Waals surface area contributed by atoms with Gasteiger partial charge in [-0.3, -0.25) is 4.79 Å². The van der Waals surface area contributed by atoms with Gasteiger partial charge in [0, 0.05) is 6.54 Å². The highest BCUT2D eigenvalue weighted by molar-refractivity contribution is 5.90. The molecule has 2 aromatic carbocycles. The van der Waals surface area contributed by atoms with Crippen LogP contribution in [0.4, 0.5) is 0 Å². The van der Waals surface area contributed by atoms with E-state index in [1.807, 2.05) is 41.3 Å². The van der Waals surface area contributed by atoms with E-state index in [-0.39, 0.29) is 17.4 Å². The molecule has 2 aromatic rings. The molecule has 0 aromatic heterocycles. The van der Waals surface area contributed by atoms with Gasteiger partial charge >= 0.3 is 0 Å². The SMILES string of the molecule is C[C@@H](c1ccccc1)N1CCC(C)(c2ccccc2)C1=O. The number of amides is 1. The third kappa shape index (κ3) is 2.35. The lowest BCUT2D eigenvalue weighted by Crippen LogP contribution is -2.37. The summed E-state index contributed by atoms with van der Waals surface area (Å²) in [5.41, 5.74) is 1.94. The zero-order chi connectivity index (χ0) is 14.9. The van der Waals surface area contributed by atoms with E-state index in [4.69, 9.17) is 0 Å². The number of carbonyl (C=O) groups is 1. The summed E-state index contributed by atoms with van der Waals surface area (Å²) >= 11 is 0. The van der Waals surface area contributed by atoms with E-state index < -0.39 is 0 Å². The number of hydrogen-bond donors (Lipinski definition) is 0. The van der Waals surface area contributed by atoms with Gasteiger partial charge < -0.3 is 4.90 Å². The molecule has 1 amide bonds. The quantitative estimate of drug-likeness (QED) is 0.833. The third-order valence-corrected chi connectivity index (χ3v) is 4.75. The van der Waals surface area contributed by atoms with Gasteiger partial charge in [-0.2, -0.15) is 0 Å². The molecule has 2 atom stereocenters. The Morgan fingerprint density at radius 2 is 1.57 bits per heavy atom.